The lowest BCUT2D eigenvalue weighted by Crippen LogP contribution is -2.61. The molecule has 11 amide bonds. The summed E-state index contributed by atoms with van der Waals surface area (Å²) in [5.41, 5.74) is 28.2. The van der Waals surface area contributed by atoms with Gasteiger partial charge in [-0.05, 0) is 78.0 Å². The summed E-state index contributed by atoms with van der Waals surface area (Å²) in [4.78, 5) is 153. The van der Waals surface area contributed by atoms with Gasteiger partial charge < -0.3 is 75.9 Å². The molecule has 18 N–H and O–H groups in total. The van der Waals surface area contributed by atoms with E-state index in [4.69, 9.17) is 28.7 Å². The molecule has 408 valence electrons. The first-order valence-corrected chi connectivity index (χ1v) is 27.2. The topological polar surface area (TPSA) is 438 Å². The number of hydrogen-bond acceptors (Lipinski definition) is 15. The zero-order chi connectivity index (χ0) is 55.2. The second-order valence-electron chi connectivity index (χ2n) is 17.5. The number of guanidine groups is 1. The smallest absolute Gasteiger partial charge is 0.246 e. The van der Waals surface area contributed by atoms with Gasteiger partial charge in [-0.1, -0.05) is 58.0 Å². The molecule has 2 saturated heterocycles. The van der Waals surface area contributed by atoms with Crippen molar-refractivity contribution in [1.29, 1.82) is 0 Å². The zero-order valence-electron chi connectivity index (χ0n) is 40.7. The molecule has 2 fully saturated rings. The van der Waals surface area contributed by atoms with Crippen molar-refractivity contribution in [2.24, 2.45) is 33.7 Å². The van der Waals surface area contributed by atoms with Crippen LogP contribution < -0.4 is 65.9 Å². The van der Waals surface area contributed by atoms with Crippen LogP contribution in [0, 0.1) is 3.57 Å². The van der Waals surface area contributed by atoms with Crippen LogP contribution >= 0.6 is 44.2 Å². The molecule has 29 heteroatoms. The van der Waals surface area contributed by atoms with Gasteiger partial charge in [-0.3, -0.25) is 57.7 Å². The monoisotopic (exact) mass is 1190 g/mol. The van der Waals surface area contributed by atoms with E-state index in [0.717, 1.165) is 21.6 Å². The number of amides is 11. The highest BCUT2D eigenvalue weighted by atomic mass is 127. The lowest BCUT2D eigenvalue weighted by atomic mass is 10.0. The van der Waals surface area contributed by atoms with Gasteiger partial charge in [0.2, 0.25) is 65.0 Å². The van der Waals surface area contributed by atoms with Crippen LogP contribution in [0.4, 0.5) is 0 Å². The largest absolute Gasteiger partial charge is 0.507 e. The molecule has 0 spiro atoms. The number of hydrogen-bond donors (Lipinski definition) is 13. The summed E-state index contributed by atoms with van der Waals surface area (Å²) in [6.45, 7) is -0.403. The molecule has 7 atom stereocenters. The van der Waals surface area contributed by atoms with Crippen molar-refractivity contribution in [2.45, 2.75) is 107 Å². The molecule has 0 saturated carbocycles. The first kappa shape index (κ1) is 60.7. The predicted molar refractivity (Wildman–Crippen MR) is 285 cm³/mol. The van der Waals surface area contributed by atoms with Crippen molar-refractivity contribution < 1.29 is 57.8 Å². The average Bonchev–Trinajstić information content (AvgIpc) is 3.85. The Labute approximate surface area is 453 Å². The van der Waals surface area contributed by atoms with Crippen molar-refractivity contribution in [2.75, 3.05) is 31.1 Å². The van der Waals surface area contributed by atoms with E-state index in [2.05, 4.69) is 42.2 Å². The van der Waals surface area contributed by atoms with Crippen LogP contribution in [0.3, 0.4) is 0 Å². The summed E-state index contributed by atoms with van der Waals surface area (Å²) in [6, 6.07) is 3.22. The molecule has 2 aromatic carbocycles. The van der Waals surface area contributed by atoms with Gasteiger partial charge in [0.1, 0.15) is 48.0 Å². The maximum absolute atomic E-state index is 14.6. The van der Waals surface area contributed by atoms with Gasteiger partial charge in [0.25, 0.3) is 0 Å². The molecule has 26 nitrogen and oxygen atoms in total. The molecule has 0 unspecified atom stereocenters. The van der Waals surface area contributed by atoms with Crippen LogP contribution in [-0.4, -0.2) is 154 Å². The predicted octanol–water partition coefficient (Wildman–Crippen LogP) is -3.74. The number of aliphatic imine (C=N–C) groups is 1. The zero-order valence-corrected chi connectivity index (χ0v) is 44.5. The van der Waals surface area contributed by atoms with Gasteiger partial charge in [0.15, 0.2) is 5.96 Å². The Kier molecular flexibility index (Phi) is 24.6. The number of halogens is 1. The fraction of sp³-hybridized carbons (Fsp3) is 0.478. The number of carbonyl (C=O) groups is 11. The number of phenols is 1. The van der Waals surface area contributed by atoms with Gasteiger partial charge >= 0.3 is 0 Å². The van der Waals surface area contributed by atoms with E-state index in [1.165, 1.54) is 11.0 Å². The van der Waals surface area contributed by atoms with Crippen molar-refractivity contribution in [1.82, 2.24) is 42.1 Å². The second-order valence-corrected chi connectivity index (χ2v) is 21.2. The van der Waals surface area contributed by atoms with E-state index in [-0.39, 0.29) is 74.8 Å². The summed E-state index contributed by atoms with van der Waals surface area (Å²) < 4.78 is 0.469. The molecule has 0 aliphatic carbocycles. The third-order valence-corrected chi connectivity index (χ3v) is 14.8. The van der Waals surface area contributed by atoms with E-state index >= 15 is 0 Å². The van der Waals surface area contributed by atoms with Crippen LogP contribution in [-0.2, 0) is 65.6 Å². The lowest BCUT2D eigenvalue weighted by molar-refractivity contribution is -0.142. The number of rotatable bonds is 19. The van der Waals surface area contributed by atoms with Crippen molar-refractivity contribution in [3.63, 3.8) is 0 Å². The van der Waals surface area contributed by atoms with E-state index in [1.54, 1.807) is 42.5 Å². The number of nitrogens with one attached hydrogen (secondary N) is 7. The van der Waals surface area contributed by atoms with E-state index in [1.807, 2.05) is 22.6 Å². The molecular formula is C46H63IN14O12S2. The summed E-state index contributed by atoms with van der Waals surface area (Å²) in [7, 11) is 2.19. The Balaban J connectivity index is 1.69. The molecule has 0 bridgehead atoms. The Bertz CT molecular complexity index is 2450. The molecule has 0 aromatic heterocycles. The maximum Gasteiger partial charge on any atom is 0.246 e. The minimum atomic E-state index is -1.77. The first-order chi connectivity index (χ1) is 35.6. The minimum Gasteiger partial charge on any atom is -0.507 e. The average molecular weight is 1200 g/mol. The summed E-state index contributed by atoms with van der Waals surface area (Å²) >= 11 is 1.91. The third kappa shape index (κ3) is 20.7. The Morgan fingerprint density at radius 3 is 2.07 bits per heavy atom. The molecule has 0 radical (unpaired) electrons. The first-order valence-electron chi connectivity index (χ1n) is 23.7. The van der Waals surface area contributed by atoms with E-state index < -0.39 is 133 Å². The van der Waals surface area contributed by atoms with Crippen LogP contribution in [0.25, 0.3) is 0 Å². The molecule has 2 aliphatic rings. The van der Waals surface area contributed by atoms with Crippen LogP contribution in [0.15, 0.2) is 53.5 Å². The van der Waals surface area contributed by atoms with Crippen LogP contribution in [0.1, 0.15) is 62.5 Å². The van der Waals surface area contributed by atoms with Gasteiger partial charge in [-0.15, -0.1) is 0 Å². The molecule has 4 rings (SSSR count). The number of phenolic OH excluding ortho intramolecular Hbond substituents is 1. The third-order valence-electron chi connectivity index (χ3n) is 11.6. The van der Waals surface area contributed by atoms with Gasteiger partial charge in [0.05, 0.1) is 16.5 Å². The molecule has 75 heavy (non-hydrogen) atoms. The summed E-state index contributed by atoms with van der Waals surface area (Å²) in [5.74, 6) is -9.73. The van der Waals surface area contributed by atoms with Crippen LogP contribution in [0.2, 0.25) is 0 Å². The fourth-order valence-corrected chi connectivity index (χ4v) is 10.6. The lowest BCUT2D eigenvalue weighted by Gasteiger charge is -2.31. The second kappa shape index (κ2) is 30.5. The quantitative estimate of drug-likeness (QED) is 0.0211. The number of benzene rings is 2. The number of nitrogens with zero attached hydrogens (tertiary/aromatic N) is 2. The van der Waals surface area contributed by atoms with Crippen LogP contribution in [0.5, 0.6) is 5.75 Å². The summed E-state index contributed by atoms with van der Waals surface area (Å²) in [6.07, 6.45) is -1.35. The van der Waals surface area contributed by atoms with Crippen molar-refractivity contribution >= 4 is 115 Å². The molecular weight excluding hydrogens is 1130 g/mol. The maximum atomic E-state index is 14.6. The number of aromatic hydroxyl groups is 1. The number of carbonyl (C=O) groups excluding carboxylic acids is 11. The minimum absolute atomic E-state index is 0.00875. The van der Waals surface area contributed by atoms with Gasteiger partial charge in [-0.2, -0.15) is 0 Å². The highest BCUT2D eigenvalue weighted by molar-refractivity contribution is 14.1. The van der Waals surface area contributed by atoms with Crippen molar-refractivity contribution in [3.8, 4) is 5.75 Å². The highest BCUT2D eigenvalue weighted by Crippen LogP contribution is 2.26. The van der Waals surface area contributed by atoms with Gasteiger partial charge in [0, 0.05) is 50.3 Å². The Morgan fingerprint density at radius 1 is 0.773 bits per heavy atom. The number of primary amides is 3. The van der Waals surface area contributed by atoms with Gasteiger partial charge in [-0.25, -0.2) is 0 Å². The van der Waals surface area contributed by atoms with E-state index in [0.29, 0.717) is 21.1 Å². The number of likely N-dealkylation sites (tertiary alicyclic amines) is 1. The molecule has 2 aliphatic heterocycles. The number of nitrogens with two attached hydrogens (primary N) is 5. The summed E-state index contributed by atoms with van der Waals surface area (Å²) in [5, 5.41) is 28.1. The van der Waals surface area contributed by atoms with Crippen molar-refractivity contribution in [3.05, 3.63) is 63.2 Å². The Hall–Kier alpha value is -6.89. The standard InChI is InChI=1S/C46H63IN14O12S2/c47-26-18-25(10-12-34(26)62)20-29-41(69)58-30(19-24-6-2-1-3-7-24)42(70)56-28(11-13-35(48)63)40(68)59-31(21-36(49)64)43(71)60-32(23-75-74-17-14-38(66)55-29)45(73)61-16-5-9-33(61)44(72)57-27(8-4-15-53-46(51)52)39(67)54-22-37(50)65/h1-3,6-7,10,12,18,27-33,62H,4-5,8-9,11,13-17,19-23H2,(H2,48,63)(H2,49,64)(H2,50,65)(H,54,67)(H,55,66)(H,56,70)(H,57,72)(H,58,69)(H,59,68)(H,60,71)(H4,51,52,53)/t27-,28+,29+,30+,31+,32+,33+/m1/s1. The highest BCUT2D eigenvalue weighted by Gasteiger charge is 2.40. The van der Waals surface area contributed by atoms with E-state index in [9.17, 15) is 57.8 Å². The SMILES string of the molecule is NC(=O)CC[C@@H]1NC(=O)[C@H](Cc2ccccc2)NC(=O)[C@H](Cc2ccc(O)c(I)c2)NC(=O)CCSSC[C@@H](C(=O)N2CCC[C@H]2C(=O)N[C@H](CCCN=C(N)N)C(=O)NCC(N)=O)NC(=O)[C@H](CC(N)=O)NC1=O. The molecule has 2 aromatic rings. The molecule has 2 heterocycles. The Morgan fingerprint density at radius 2 is 1.41 bits per heavy atom. The normalized spacial score (nSPS) is 21.6. The fourth-order valence-electron chi connectivity index (χ4n) is 7.83.